The summed E-state index contributed by atoms with van der Waals surface area (Å²) in [6.45, 7) is 2.17. The van der Waals surface area contributed by atoms with Gasteiger partial charge in [0.05, 0.1) is 0 Å². The predicted octanol–water partition coefficient (Wildman–Crippen LogP) is 1.93. The van der Waals surface area contributed by atoms with E-state index < -0.39 is 0 Å². The molecule has 0 aliphatic heterocycles. The van der Waals surface area contributed by atoms with Gasteiger partial charge in [0.1, 0.15) is 0 Å². The molecule has 0 bridgehead atoms. The van der Waals surface area contributed by atoms with Crippen LogP contribution in [0.2, 0.25) is 0.515 Å². The molecule has 0 fully saturated rings. The van der Waals surface area contributed by atoms with Crippen molar-refractivity contribution in [2.75, 3.05) is 0 Å². The molecule has 0 spiro atoms. The maximum absolute atomic E-state index is 2.28. The molecule has 0 aromatic heterocycles. The van der Waals surface area contributed by atoms with Crippen LogP contribution in [0.3, 0.4) is 0 Å². The molecule has 0 rings (SSSR count). The molecule has 0 amide bonds. The molecule has 0 atom stereocenters. The first-order valence-corrected chi connectivity index (χ1v) is 5.27. The number of rotatable bonds is 3. The maximum atomic E-state index is 2.28. The summed E-state index contributed by atoms with van der Waals surface area (Å²) in [6, 6.07) is 0. The number of hydrogen-bond donors (Lipinski definition) is 0. The summed E-state index contributed by atoms with van der Waals surface area (Å²) in [6.07, 6.45) is 7.05. The summed E-state index contributed by atoms with van der Waals surface area (Å²) in [7, 11) is 0. The molecular formula is C6H11K. The predicted molar refractivity (Wildman–Crippen MR) is 34.6 cm³/mol. The Bertz CT molecular complexity index is 48.1. The summed E-state index contributed by atoms with van der Waals surface area (Å²) in [5.74, 6) is 0. The molecule has 0 nitrogen and oxygen atoms in total. The van der Waals surface area contributed by atoms with E-state index in [0.29, 0.717) is 0 Å². The Balaban J connectivity index is 2.78. The SMILES string of the molecule is CCC=CC[CH2][K]. The fourth-order valence-corrected chi connectivity index (χ4v) is 0.972. The molecule has 0 saturated carbocycles. The van der Waals surface area contributed by atoms with Gasteiger partial charge in [0.25, 0.3) is 0 Å². The van der Waals surface area contributed by atoms with Gasteiger partial charge in [0.2, 0.25) is 0 Å². The van der Waals surface area contributed by atoms with Gasteiger partial charge in [0.15, 0.2) is 0 Å². The fourth-order valence-electron chi connectivity index (χ4n) is 0.451. The number of allylic oxidation sites excluding steroid dienone is 2. The quantitative estimate of drug-likeness (QED) is 0.396. The van der Waals surface area contributed by atoms with Gasteiger partial charge in [-0.05, 0) is 0 Å². The van der Waals surface area contributed by atoms with Crippen molar-refractivity contribution in [3.8, 4) is 0 Å². The summed E-state index contributed by atoms with van der Waals surface area (Å²) in [5.41, 5.74) is 0. The van der Waals surface area contributed by atoms with Crippen LogP contribution in [-0.4, -0.2) is 49.0 Å². The molecule has 7 heavy (non-hydrogen) atoms. The first-order chi connectivity index (χ1) is 3.41. The molecule has 0 radical (unpaired) electrons. The third-order valence-electron chi connectivity index (χ3n) is 0.858. The van der Waals surface area contributed by atoms with Crippen LogP contribution in [0.4, 0.5) is 0 Å². The monoisotopic (exact) mass is 122 g/mol. The van der Waals surface area contributed by atoms with E-state index in [1.807, 2.05) is 0 Å². The fraction of sp³-hybridized carbons (Fsp3) is 0.667. The Morgan fingerprint density at radius 3 is 2.57 bits per heavy atom. The topological polar surface area (TPSA) is 0 Å². The number of hydrogen-bond acceptors (Lipinski definition) is 0. The normalized spacial score (nSPS) is 10.7. The van der Waals surface area contributed by atoms with Crippen LogP contribution in [0.1, 0.15) is 19.8 Å². The van der Waals surface area contributed by atoms with E-state index in [1.54, 1.807) is 0 Å². The van der Waals surface area contributed by atoms with Gasteiger partial charge in [-0.25, -0.2) is 0 Å². The van der Waals surface area contributed by atoms with E-state index in [9.17, 15) is 0 Å². The molecule has 0 N–H and O–H groups in total. The van der Waals surface area contributed by atoms with Crippen molar-refractivity contribution in [1.29, 1.82) is 0 Å². The van der Waals surface area contributed by atoms with Crippen molar-refractivity contribution in [3.05, 3.63) is 12.2 Å². The average molecular weight is 122 g/mol. The molecule has 0 aliphatic carbocycles. The van der Waals surface area contributed by atoms with Crippen molar-refractivity contribution in [1.82, 2.24) is 0 Å². The van der Waals surface area contributed by atoms with Crippen LogP contribution in [0.5, 0.6) is 0 Å². The van der Waals surface area contributed by atoms with Crippen LogP contribution in [0.15, 0.2) is 12.2 Å². The van der Waals surface area contributed by atoms with Crippen molar-refractivity contribution < 1.29 is 0 Å². The first-order valence-electron chi connectivity index (χ1n) is 3.06. The van der Waals surface area contributed by atoms with Crippen molar-refractivity contribution >= 4 is 49.0 Å². The third-order valence-corrected chi connectivity index (χ3v) is 1.76. The summed E-state index contributed by atoms with van der Waals surface area (Å²) < 4.78 is 1.46. The molecule has 0 heterocycles. The molecule has 1 heteroatoms. The Hall–Kier alpha value is 1.38. The van der Waals surface area contributed by atoms with E-state index in [1.165, 1.54) is 13.4 Å². The van der Waals surface area contributed by atoms with Gasteiger partial charge >= 0.3 is 81.4 Å². The van der Waals surface area contributed by atoms with Gasteiger partial charge in [0, 0.05) is 0 Å². The van der Waals surface area contributed by atoms with Crippen LogP contribution in [0, 0.1) is 0 Å². The molecule has 0 unspecified atom stereocenters. The molecule has 0 aromatic carbocycles. The third kappa shape index (κ3) is 7.38. The van der Waals surface area contributed by atoms with E-state index in [0.717, 1.165) is 49.0 Å². The van der Waals surface area contributed by atoms with Gasteiger partial charge < -0.3 is 0 Å². The van der Waals surface area contributed by atoms with E-state index >= 15 is 0 Å². The Morgan fingerprint density at radius 1 is 1.43 bits per heavy atom. The first kappa shape index (κ1) is 8.38. The van der Waals surface area contributed by atoms with Gasteiger partial charge in [-0.15, -0.1) is 0 Å². The van der Waals surface area contributed by atoms with E-state index in [4.69, 9.17) is 0 Å². The molecule has 0 aromatic rings. The van der Waals surface area contributed by atoms with Crippen LogP contribution >= 0.6 is 0 Å². The molecule has 0 saturated heterocycles. The van der Waals surface area contributed by atoms with Crippen LogP contribution < -0.4 is 0 Å². The second kappa shape index (κ2) is 7.38. The van der Waals surface area contributed by atoms with E-state index in [2.05, 4.69) is 19.1 Å². The Labute approximate surface area is 80.0 Å². The van der Waals surface area contributed by atoms with Crippen molar-refractivity contribution in [2.45, 2.75) is 20.3 Å². The second-order valence-corrected chi connectivity index (χ2v) is 3.23. The zero-order valence-electron chi connectivity index (χ0n) is 5.28. The summed E-state index contributed by atoms with van der Waals surface area (Å²) >= 11 is 1.06. The Kier molecular flexibility index (Phi) is 8.83. The van der Waals surface area contributed by atoms with Crippen LogP contribution in [-0.2, 0) is 0 Å². The van der Waals surface area contributed by atoms with E-state index in [-0.39, 0.29) is 0 Å². The van der Waals surface area contributed by atoms with Crippen molar-refractivity contribution in [2.24, 2.45) is 0 Å². The Morgan fingerprint density at radius 2 is 2.14 bits per heavy atom. The standard InChI is InChI=1S/C6H11.K/c1-3-5-6-4-2;/h5-6H,1,3-4H2,2H3;. The van der Waals surface area contributed by atoms with Gasteiger partial charge in [-0.3, -0.25) is 0 Å². The molecule has 0 aliphatic rings. The zero-order valence-corrected chi connectivity index (χ0v) is 8.40. The summed E-state index contributed by atoms with van der Waals surface area (Å²) in [4.78, 5) is 0. The van der Waals surface area contributed by atoms with Crippen LogP contribution in [0.25, 0.3) is 0 Å². The molecular weight excluding hydrogens is 111 g/mol. The average Bonchev–Trinajstić information content (AvgIpc) is 1.69. The summed E-state index contributed by atoms with van der Waals surface area (Å²) in [5, 5.41) is 0. The van der Waals surface area contributed by atoms with Gasteiger partial charge in [-0.2, -0.15) is 0 Å². The van der Waals surface area contributed by atoms with Crippen molar-refractivity contribution in [3.63, 3.8) is 0 Å². The van der Waals surface area contributed by atoms with Gasteiger partial charge in [-0.1, -0.05) is 0 Å². The second-order valence-electron chi connectivity index (χ2n) is 1.67. The molecule has 36 valence electrons. The minimum absolute atomic E-state index is 1.06. The minimum atomic E-state index is 1.06. The zero-order chi connectivity index (χ0) is 5.54.